The Labute approximate surface area is 607 Å². The Hall–Kier alpha value is -1.94. The Bertz CT molecular complexity index is 1940. The Morgan fingerprint density at radius 2 is 0.485 bits per heavy atom. The van der Waals surface area contributed by atoms with E-state index in [4.69, 9.17) is 37.0 Å². The van der Waals surface area contributed by atoms with E-state index in [2.05, 4.69) is 55.4 Å². The van der Waals surface area contributed by atoms with Gasteiger partial charge < -0.3 is 33.8 Å². The summed E-state index contributed by atoms with van der Waals surface area (Å²) in [6.07, 6.45) is 55.6. The number of hydrogen-bond donors (Lipinski definition) is 3. The van der Waals surface area contributed by atoms with Crippen molar-refractivity contribution in [1.82, 2.24) is 0 Å². The largest absolute Gasteiger partial charge is 0.472 e. The lowest BCUT2D eigenvalue weighted by Gasteiger charge is -2.21. The lowest BCUT2D eigenvalue weighted by atomic mass is 9.99. The first kappa shape index (κ1) is 97.1. The molecule has 0 aliphatic rings. The second-order valence-corrected chi connectivity index (χ2v) is 33.4. The summed E-state index contributed by atoms with van der Waals surface area (Å²) in [5, 5.41) is 10.6. The first-order valence-corrected chi connectivity index (χ1v) is 44.2. The van der Waals surface area contributed by atoms with Gasteiger partial charge in [-0.25, -0.2) is 9.13 Å². The van der Waals surface area contributed by atoms with Gasteiger partial charge in [0.25, 0.3) is 0 Å². The third kappa shape index (κ3) is 72.8. The van der Waals surface area contributed by atoms with Gasteiger partial charge in [-0.3, -0.25) is 37.3 Å². The number of phosphoric acid groups is 2. The second kappa shape index (κ2) is 69.1. The zero-order chi connectivity index (χ0) is 73.1. The van der Waals surface area contributed by atoms with Gasteiger partial charge in [0, 0.05) is 25.7 Å². The van der Waals surface area contributed by atoms with Gasteiger partial charge in [-0.05, 0) is 49.4 Å². The monoisotopic (exact) mass is 1450 g/mol. The minimum Gasteiger partial charge on any atom is -0.462 e. The molecule has 0 saturated heterocycles. The Kier molecular flexibility index (Phi) is 67.8. The molecule has 588 valence electrons. The molecule has 0 radical (unpaired) electrons. The second-order valence-electron chi connectivity index (χ2n) is 30.5. The molecule has 0 aliphatic carbocycles. The highest BCUT2D eigenvalue weighted by Crippen LogP contribution is 2.45. The molecule has 0 aromatic rings. The molecular weight excluding hydrogens is 1290 g/mol. The summed E-state index contributed by atoms with van der Waals surface area (Å²) in [5.74, 6) is 0.973. The van der Waals surface area contributed by atoms with Crippen LogP contribution in [-0.4, -0.2) is 96.7 Å². The summed E-state index contributed by atoms with van der Waals surface area (Å²) < 4.78 is 68.6. The number of carbonyl (C=O) groups excluding carboxylic acids is 4. The molecule has 0 fully saturated rings. The van der Waals surface area contributed by atoms with Crippen molar-refractivity contribution in [2.45, 2.75) is 427 Å². The highest BCUT2D eigenvalue weighted by atomic mass is 31.2. The molecule has 0 aromatic carbocycles. The van der Waals surface area contributed by atoms with Gasteiger partial charge in [-0.2, -0.15) is 0 Å². The quantitative estimate of drug-likeness (QED) is 0.0222. The molecular formula is C80H156O17P2. The van der Waals surface area contributed by atoms with Gasteiger partial charge in [0.05, 0.1) is 26.4 Å². The van der Waals surface area contributed by atoms with Crippen molar-refractivity contribution in [3.8, 4) is 0 Å². The van der Waals surface area contributed by atoms with Gasteiger partial charge in [-0.1, -0.05) is 357 Å². The number of esters is 4. The molecule has 0 rings (SSSR count). The molecule has 0 aliphatic heterocycles. The third-order valence-corrected chi connectivity index (χ3v) is 20.8. The highest BCUT2D eigenvalue weighted by Gasteiger charge is 2.30. The molecule has 4 unspecified atom stereocenters. The van der Waals surface area contributed by atoms with Gasteiger partial charge in [0.15, 0.2) is 12.2 Å². The third-order valence-electron chi connectivity index (χ3n) is 18.9. The number of unbranched alkanes of at least 4 members (excludes halogenated alkanes) is 42. The fourth-order valence-corrected chi connectivity index (χ4v) is 13.8. The molecule has 3 N–H and O–H groups in total. The molecule has 0 bridgehead atoms. The van der Waals surface area contributed by atoms with E-state index in [0.717, 1.165) is 114 Å². The fraction of sp³-hybridized carbons (Fsp3) is 0.950. The number of ether oxygens (including phenoxy) is 4. The highest BCUT2D eigenvalue weighted by molar-refractivity contribution is 7.47. The van der Waals surface area contributed by atoms with Gasteiger partial charge in [0.1, 0.15) is 19.3 Å². The number of aliphatic hydroxyl groups excluding tert-OH is 1. The maximum Gasteiger partial charge on any atom is 0.472 e. The Morgan fingerprint density at radius 3 is 0.717 bits per heavy atom. The zero-order valence-corrected chi connectivity index (χ0v) is 66.9. The predicted molar refractivity (Wildman–Crippen MR) is 404 cm³/mol. The first-order chi connectivity index (χ1) is 47.6. The maximum atomic E-state index is 13.1. The smallest absolute Gasteiger partial charge is 0.462 e. The van der Waals surface area contributed by atoms with Crippen molar-refractivity contribution in [2.24, 2.45) is 23.7 Å². The van der Waals surface area contributed by atoms with Gasteiger partial charge >= 0.3 is 39.5 Å². The molecule has 99 heavy (non-hydrogen) atoms. The fourth-order valence-electron chi connectivity index (χ4n) is 12.2. The van der Waals surface area contributed by atoms with E-state index in [0.29, 0.717) is 31.6 Å². The van der Waals surface area contributed by atoms with Crippen LogP contribution in [0.3, 0.4) is 0 Å². The summed E-state index contributed by atoms with van der Waals surface area (Å²) in [5.41, 5.74) is 0. The van der Waals surface area contributed by atoms with E-state index < -0.39 is 97.5 Å². The van der Waals surface area contributed by atoms with Gasteiger partial charge in [-0.15, -0.1) is 0 Å². The lowest BCUT2D eigenvalue weighted by molar-refractivity contribution is -0.161. The van der Waals surface area contributed by atoms with Crippen LogP contribution in [0.25, 0.3) is 0 Å². The van der Waals surface area contributed by atoms with E-state index in [-0.39, 0.29) is 25.7 Å². The molecule has 19 heteroatoms. The summed E-state index contributed by atoms with van der Waals surface area (Å²) in [7, 11) is -9.92. The minimum absolute atomic E-state index is 0.106. The molecule has 0 amide bonds. The lowest BCUT2D eigenvalue weighted by Crippen LogP contribution is -2.30. The normalized spacial score (nSPS) is 14.3. The Morgan fingerprint density at radius 1 is 0.283 bits per heavy atom. The van der Waals surface area contributed by atoms with E-state index in [9.17, 15) is 43.2 Å². The van der Waals surface area contributed by atoms with Crippen LogP contribution in [0, 0.1) is 23.7 Å². The summed E-state index contributed by atoms with van der Waals surface area (Å²) >= 11 is 0. The van der Waals surface area contributed by atoms with E-state index >= 15 is 0 Å². The van der Waals surface area contributed by atoms with Crippen LogP contribution in [-0.2, 0) is 65.4 Å². The van der Waals surface area contributed by atoms with Gasteiger partial charge in [0.2, 0.25) is 0 Å². The van der Waals surface area contributed by atoms with E-state index in [1.807, 2.05) is 0 Å². The Balaban J connectivity index is 5.21. The number of carbonyl (C=O) groups is 4. The van der Waals surface area contributed by atoms with Crippen LogP contribution in [0.4, 0.5) is 0 Å². The van der Waals surface area contributed by atoms with Crippen molar-refractivity contribution in [1.29, 1.82) is 0 Å². The van der Waals surface area contributed by atoms with E-state index in [1.165, 1.54) is 205 Å². The van der Waals surface area contributed by atoms with Crippen LogP contribution >= 0.6 is 15.6 Å². The van der Waals surface area contributed by atoms with Crippen LogP contribution in [0.15, 0.2) is 0 Å². The number of rotatable bonds is 77. The van der Waals surface area contributed by atoms with Crippen LogP contribution in [0.1, 0.15) is 409 Å². The number of phosphoric ester groups is 2. The molecule has 0 saturated carbocycles. The van der Waals surface area contributed by atoms with Crippen LogP contribution in [0.5, 0.6) is 0 Å². The molecule has 0 aromatic heterocycles. The number of hydrogen-bond acceptors (Lipinski definition) is 15. The van der Waals surface area contributed by atoms with E-state index in [1.54, 1.807) is 0 Å². The first-order valence-electron chi connectivity index (χ1n) is 41.2. The number of aliphatic hydroxyl groups is 1. The molecule has 0 spiro atoms. The average molecular weight is 1450 g/mol. The predicted octanol–water partition coefficient (Wildman–Crippen LogP) is 23.6. The summed E-state index contributed by atoms with van der Waals surface area (Å²) in [4.78, 5) is 72.9. The standard InChI is InChI=1S/C80H156O17P2/c1-9-73(8)59-51-43-34-28-24-25-31-37-47-55-63-80(85)96-75(66-90-77(82)60-52-44-35-29-22-18-13-11-10-12-16-20-26-32-40-48-56-70(2)3)68-94-98(86,87)92-64-74(81)65-93-99(88,89)95-69-76(67-91-78(83)61-53-45-39-38-42-50-58-72(6)7)97-79(84)62-54-46-36-30-23-19-15-14-17-21-27-33-41-49-57-71(4)5/h70-76,81H,9-69H2,1-8H3,(H,86,87)(H,88,89)/t73?,74?,75-,76-/m1/s1. The van der Waals surface area contributed by atoms with Crippen molar-refractivity contribution in [2.75, 3.05) is 39.6 Å². The van der Waals surface area contributed by atoms with Crippen molar-refractivity contribution in [3.05, 3.63) is 0 Å². The average Bonchev–Trinajstić information content (AvgIpc) is 0.978. The van der Waals surface area contributed by atoms with Crippen LogP contribution in [0.2, 0.25) is 0 Å². The minimum atomic E-state index is -4.96. The van der Waals surface area contributed by atoms with Crippen molar-refractivity contribution >= 4 is 39.5 Å². The maximum absolute atomic E-state index is 13.1. The molecule has 17 nitrogen and oxygen atoms in total. The molecule has 6 atom stereocenters. The SMILES string of the molecule is CCC(C)CCCCCCCCCCCCC(=O)O[C@H](COC(=O)CCCCCCCCCCCCCCCCCCC(C)C)COP(=O)(O)OCC(O)COP(=O)(O)OC[C@@H](COC(=O)CCCCCCCCC(C)C)OC(=O)CCCCCCCCCCCCCCCCC(C)C. The molecule has 0 heterocycles. The summed E-state index contributed by atoms with van der Waals surface area (Å²) in [6, 6.07) is 0. The zero-order valence-electron chi connectivity index (χ0n) is 65.1. The summed E-state index contributed by atoms with van der Waals surface area (Å²) in [6.45, 7) is 14.2. The topological polar surface area (TPSA) is 237 Å². The van der Waals surface area contributed by atoms with Crippen molar-refractivity contribution < 1.29 is 80.2 Å². The van der Waals surface area contributed by atoms with Crippen LogP contribution < -0.4 is 0 Å². The van der Waals surface area contributed by atoms with Crippen molar-refractivity contribution in [3.63, 3.8) is 0 Å².